The summed E-state index contributed by atoms with van der Waals surface area (Å²) in [5.41, 5.74) is 6.81. The minimum atomic E-state index is -2.01. The van der Waals surface area contributed by atoms with Crippen molar-refractivity contribution in [1.82, 2.24) is 5.32 Å². The molecule has 1 atom stereocenters. The molecule has 3 heteroatoms. The molecule has 1 fully saturated rings. The number of hydrogen-bond acceptors (Lipinski definition) is 2. The molecule has 4 aromatic rings. The van der Waals surface area contributed by atoms with Gasteiger partial charge < -0.3 is 9.74 Å². The van der Waals surface area contributed by atoms with Crippen molar-refractivity contribution in [2.24, 2.45) is 0 Å². The smallest absolute Gasteiger partial charge is 0.185 e. The third-order valence-electron chi connectivity index (χ3n) is 6.84. The Kier molecular flexibility index (Phi) is 6.75. The minimum absolute atomic E-state index is 0.184. The molecule has 0 bridgehead atoms. The average molecular weight is 478 g/mol. The van der Waals surface area contributed by atoms with Crippen molar-refractivity contribution >= 4 is 8.32 Å². The minimum Gasteiger partial charge on any atom is -0.403 e. The molecule has 0 aromatic heterocycles. The molecule has 0 spiro atoms. The molecule has 1 heterocycles. The van der Waals surface area contributed by atoms with Gasteiger partial charge in [0.15, 0.2) is 8.32 Å². The van der Waals surface area contributed by atoms with Gasteiger partial charge in [-0.05, 0) is 72.4 Å². The maximum absolute atomic E-state index is 7.48. The lowest BCUT2D eigenvalue weighted by atomic mass is 9.74. The molecule has 0 unspecified atom stereocenters. The highest BCUT2D eigenvalue weighted by molar-refractivity contribution is 6.69. The van der Waals surface area contributed by atoms with Crippen LogP contribution in [0.15, 0.2) is 109 Å². The summed E-state index contributed by atoms with van der Waals surface area (Å²) >= 11 is 0. The Balaban J connectivity index is 1.86. The van der Waals surface area contributed by atoms with Crippen LogP contribution in [0.5, 0.6) is 0 Å². The van der Waals surface area contributed by atoms with Crippen LogP contribution in [-0.2, 0) is 10.0 Å². The molecule has 0 radical (unpaired) electrons. The molecule has 1 N–H and O–H groups in total. The second kappa shape index (κ2) is 9.94. The van der Waals surface area contributed by atoms with Crippen molar-refractivity contribution in [2.75, 3.05) is 6.54 Å². The van der Waals surface area contributed by atoms with Gasteiger partial charge in [-0.2, -0.15) is 0 Å². The predicted octanol–water partition coefficient (Wildman–Crippen LogP) is 7.87. The fourth-order valence-electron chi connectivity index (χ4n) is 5.57. The van der Waals surface area contributed by atoms with Crippen LogP contribution in [0.4, 0.5) is 0 Å². The highest BCUT2D eigenvalue weighted by atomic mass is 28.4. The van der Waals surface area contributed by atoms with Gasteiger partial charge in [0.1, 0.15) is 5.60 Å². The molecule has 2 nitrogen and oxygen atoms in total. The summed E-state index contributed by atoms with van der Waals surface area (Å²) in [6.45, 7) is 7.95. The van der Waals surface area contributed by atoms with E-state index in [0.717, 1.165) is 19.4 Å². The van der Waals surface area contributed by atoms with Crippen molar-refractivity contribution in [3.8, 4) is 22.3 Å². The Morgan fingerprint density at radius 2 is 1.11 bits per heavy atom. The van der Waals surface area contributed by atoms with Crippen LogP contribution in [-0.4, -0.2) is 20.9 Å². The lowest BCUT2D eigenvalue weighted by Crippen LogP contribution is -2.53. The van der Waals surface area contributed by atoms with E-state index in [1.807, 2.05) is 0 Å². The summed E-state index contributed by atoms with van der Waals surface area (Å²) in [5.74, 6) is 0. The molecule has 1 saturated heterocycles. The first-order valence-corrected chi connectivity index (χ1v) is 16.1. The van der Waals surface area contributed by atoms with Crippen molar-refractivity contribution in [2.45, 2.75) is 44.1 Å². The summed E-state index contributed by atoms with van der Waals surface area (Å²) in [7, 11) is -2.01. The number of hydrogen-bond donors (Lipinski definition) is 1. The lowest BCUT2D eigenvalue weighted by Gasteiger charge is -2.46. The van der Waals surface area contributed by atoms with Gasteiger partial charge >= 0.3 is 0 Å². The van der Waals surface area contributed by atoms with Crippen LogP contribution in [0.25, 0.3) is 22.3 Å². The maximum atomic E-state index is 7.48. The van der Waals surface area contributed by atoms with Crippen LogP contribution in [0, 0.1) is 0 Å². The molecule has 0 aliphatic carbocycles. The van der Waals surface area contributed by atoms with E-state index in [4.69, 9.17) is 4.43 Å². The van der Waals surface area contributed by atoms with Gasteiger partial charge in [0.25, 0.3) is 0 Å². The van der Waals surface area contributed by atoms with Crippen LogP contribution in [0.3, 0.4) is 0 Å². The number of benzene rings is 4. The maximum Gasteiger partial charge on any atom is 0.185 e. The fourth-order valence-corrected chi connectivity index (χ4v) is 6.90. The van der Waals surface area contributed by atoms with Gasteiger partial charge in [-0.25, -0.2) is 0 Å². The van der Waals surface area contributed by atoms with E-state index in [1.54, 1.807) is 0 Å². The van der Waals surface area contributed by atoms with Gasteiger partial charge in [0.2, 0.25) is 0 Å². The molecule has 1 aliphatic heterocycles. The van der Waals surface area contributed by atoms with Crippen LogP contribution in [0.1, 0.15) is 24.0 Å². The topological polar surface area (TPSA) is 21.3 Å². The first kappa shape index (κ1) is 23.7. The summed E-state index contributed by atoms with van der Waals surface area (Å²) in [6, 6.07) is 39.4. The number of rotatable bonds is 7. The van der Waals surface area contributed by atoms with Crippen LogP contribution >= 0.6 is 0 Å². The van der Waals surface area contributed by atoms with E-state index in [0.29, 0.717) is 0 Å². The molecule has 5 rings (SSSR count). The Hall–Kier alpha value is -2.98. The molecule has 35 heavy (non-hydrogen) atoms. The SMILES string of the molecule is C[Si](C)(C)OC(c1ccccc1-c1ccccc1)(c1ccccc1-c1ccccc1)[C@@H]1CCCN1. The second-order valence-corrected chi connectivity index (χ2v) is 14.9. The summed E-state index contributed by atoms with van der Waals surface area (Å²) in [5, 5.41) is 3.87. The van der Waals surface area contributed by atoms with Gasteiger partial charge in [0, 0.05) is 6.04 Å². The normalized spacial score (nSPS) is 16.4. The Morgan fingerprint density at radius 3 is 1.54 bits per heavy atom. The standard InChI is InChI=1S/C32H35NOSi/c1-35(2,3)34-32(31-23-14-24-33-31,29-21-12-10-19-27(29)25-15-6-4-7-16-25)30-22-13-11-20-28(30)26-17-8-5-9-18-26/h4-13,15-22,31,33H,14,23-24H2,1-3H3/t31-/m0/s1. The molecule has 0 saturated carbocycles. The molecule has 0 amide bonds. The van der Waals surface area contributed by atoms with E-state index in [9.17, 15) is 0 Å². The van der Waals surface area contributed by atoms with Gasteiger partial charge in [-0.1, -0.05) is 109 Å². The van der Waals surface area contributed by atoms with Gasteiger partial charge in [-0.15, -0.1) is 0 Å². The highest BCUT2D eigenvalue weighted by Gasteiger charge is 2.49. The van der Waals surface area contributed by atoms with Gasteiger partial charge in [0.05, 0.1) is 0 Å². The van der Waals surface area contributed by atoms with Gasteiger partial charge in [-0.3, -0.25) is 0 Å². The Labute approximate surface area is 211 Å². The monoisotopic (exact) mass is 477 g/mol. The van der Waals surface area contributed by atoms with E-state index >= 15 is 0 Å². The van der Waals surface area contributed by atoms with Crippen molar-refractivity contribution in [1.29, 1.82) is 0 Å². The molecule has 178 valence electrons. The van der Waals surface area contributed by atoms with E-state index in [2.05, 4.69) is 134 Å². The van der Waals surface area contributed by atoms with Crippen LogP contribution < -0.4 is 5.32 Å². The highest BCUT2D eigenvalue weighted by Crippen LogP contribution is 2.48. The van der Waals surface area contributed by atoms with E-state index in [-0.39, 0.29) is 6.04 Å². The van der Waals surface area contributed by atoms with Crippen molar-refractivity contribution in [3.05, 3.63) is 120 Å². The quantitative estimate of drug-likeness (QED) is 0.273. The zero-order valence-corrected chi connectivity index (χ0v) is 22.0. The third-order valence-corrected chi connectivity index (χ3v) is 7.78. The molecular formula is C32H35NOSi. The second-order valence-electron chi connectivity index (χ2n) is 10.4. The molecule has 1 aliphatic rings. The zero-order chi connectivity index (χ0) is 24.3. The Morgan fingerprint density at radius 1 is 0.657 bits per heavy atom. The van der Waals surface area contributed by atoms with E-state index in [1.165, 1.54) is 33.4 Å². The predicted molar refractivity (Wildman–Crippen MR) is 150 cm³/mol. The summed E-state index contributed by atoms with van der Waals surface area (Å²) in [6.07, 6.45) is 2.24. The zero-order valence-electron chi connectivity index (χ0n) is 21.0. The van der Waals surface area contributed by atoms with E-state index < -0.39 is 13.9 Å². The molecular weight excluding hydrogens is 442 g/mol. The van der Waals surface area contributed by atoms with Crippen LogP contribution in [0.2, 0.25) is 19.6 Å². The molecule has 4 aromatic carbocycles. The largest absolute Gasteiger partial charge is 0.403 e. The number of nitrogens with one attached hydrogen (secondary N) is 1. The van der Waals surface area contributed by atoms with Crippen molar-refractivity contribution in [3.63, 3.8) is 0 Å². The average Bonchev–Trinajstić information content (AvgIpc) is 3.44. The first-order valence-electron chi connectivity index (χ1n) is 12.7. The third kappa shape index (κ3) is 4.77. The first-order chi connectivity index (χ1) is 17.0. The summed E-state index contributed by atoms with van der Waals surface area (Å²) < 4.78 is 7.48. The fraction of sp³-hybridized carbons (Fsp3) is 0.250. The lowest BCUT2D eigenvalue weighted by molar-refractivity contribution is 0.0650. The Bertz CT molecular complexity index is 1170. The summed E-state index contributed by atoms with van der Waals surface area (Å²) in [4.78, 5) is 0. The van der Waals surface area contributed by atoms with Crippen molar-refractivity contribution < 1.29 is 4.43 Å².